The predicted octanol–water partition coefficient (Wildman–Crippen LogP) is 2.89. The first kappa shape index (κ1) is 14.4. The van der Waals surface area contributed by atoms with Crippen LogP contribution in [-0.2, 0) is 0 Å². The molecule has 0 fully saturated rings. The number of hydrogen-bond donors (Lipinski definition) is 0. The van der Waals surface area contributed by atoms with Crippen LogP contribution < -0.4 is 5.01 Å². The smallest absolute Gasteiger partial charge is 0.220 e. The van der Waals surface area contributed by atoms with Crippen molar-refractivity contribution < 1.29 is 4.59 Å². The second-order valence-corrected chi connectivity index (χ2v) is 6.07. The summed E-state index contributed by atoms with van der Waals surface area (Å²) in [5, 5.41) is 2.18. The summed E-state index contributed by atoms with van der Waals surface area (Å²) < 4.78 is 1.09. The normalized spacial score (nSPS) is 11.4. The van der Waals surface area contributed by atoms with Gasteiger partial charge in [0.2, 0.25) is 5.28 Å². The van der Waals surface area contributed by atoms with Crippen LogP contribution >= 0.6 is 34.2 Å². The molecule has 0 aliphatic heterocycles. The van der Waals surface area contributed by atoms with Crippen LogP contribution in [0.3, 0.4) is 0 Å². The van der Waals surface area contributed by atoms with Gasteiger partial charge in [-0.3, -0.25) is 0 Å². The summed E-state index contributed by atoms with van der Waals surface area (Å²) in [6.45, 7) is 0. The van der Waals surface area contributed by atoms with E-state index in [0.717, 1.165) is 5.69 Å². The Morgan fingerprint density at radius 2 is 1.68 bits per heavy atom. The van der Waals surface area contributed by atoms with Gasteiger partial charge < -0.3 is 0 Å². The average molecular weight is 391 g/mol. The maximum Gasteiger partial charge on any atom is 0.282 e. The SMILES string of the molecule is C[N+](C)(C)N(c1ccccc1)c1nc(Cl)nc(I)n1. The van der Waals surface area contributed by atoms with Crippen molar-refractivity contribution >= 4 is 45.8 Å². The van der Waals surface area contributed by atoms with Crippen LogP contribution in [0.25, 0.3) is 0 Å². The van der Waals surface area contributed by atoms with Crippen LogP contribution in [-0.4, -0.2) is 40.7 Å². The number of nitrogens with zero attached hydrogens (tertiary/aromatic N) is 5. The number of rotatable bonds is 3. The van der Waals surface area contributed by atoms with Crippen molar-refractivity contribution in [3.63, 3.8) is 0 Å². The molecular formula is C12H14ClIN5+. The molecule has 0 aliphatic rings. The van der Waals surface area contributed by atoms with Gasteiger partial charge in [0, 0.05) is 22.6 Å². The van der Waals surface area contributed by atoms with Gasteiger partial charge in [0.05, 0.1) is 26.8 Å². The molecule has 1 heterocycles. The van der Waals surface area contributed by atoms with E-state index < -0.39 is 0 Å². The fourth-order valence-corrected chi connectivity index (χ4v) is 2.45. The third-order valence-electron chi connectivity index (χ3n) is 2.36. The molecule has 100 valence electrons. The van der Waals surface area contributed by atoms with E-state index in [9.17, 15) is 0 Å². The Morgan fingerprint density at radius 1 is 1.05 bits per heavy atom. The van der Waals surface area contributed by atoms with E-state index in [1.807, 2.05) is 79.1 Å². The highest BCUT2D eigenvalue weighted by atomic mass is 127. The van der Waals surface area contributed by atoms with Crippen molar-refractivity contribution in [1.29, 1.82) is 0 Å². The lowest BCUT2D eigenvalue weighted by Gasteiger charge is -2.35. The van der Waals surface area contributed by atoms with Gasteiger partial charge in [-0.05, 0) is 23.7 Å². The summed E-state index contributed by atoms with van der Waals surface area (Å²) >= 11 is 7.96. The van der Waals surface area contributed by atoms with Gasteiger partial charge in [-0.1, -0.05) is 18.2 Å². The van der Waals surface area contributed by atoms with E-state index in [4.69, 9.17) is 11.6 Å². The fourth-order valence-electron chi connectivity index (χ4n) is 1.71. The molecule has 0 unspecified atom stereocenters. The van der Waals surface area contributed by atoms with Gasteiger partial charge in [0.15, 0.2) is 3.83 Å². The molecule has 7 heteroatoms. The summed E-state index contributed by atoms with van der Waals surface area (Å²) in [5.74, 6) is 0.531. The van der Waals surface area contributed by atoms with E-state index >= 15 is 0 Å². The van der Waals surface area contributed by atoms with Crippen molar-refractivity contribution in [2.24, 2.45) is 0 Å². The first-order chi connectivity index (χ1) is 8.88. The van der Waals surface area contributed by atoms with E-state index in [1.165, 1.54) is 0 Å². The van der Waals surface area contributed by atoms with Gasteiger partial charge in [-0.2, -0.15) is 20.0 Å². The van der Waals surface area contributed by atoms with Crippen molar-refractivity contribution in [1.82, 2.24) is 15.0 Å². The third kappa shape index (κ3) is 3.52. The zero-order valence-corrected chi connectivity index (χ0v) is 13.8. The molecular weight excluding hydrogens is 377 g/mol. The summed E-state index contributed by atoms with van der Waals surface area (Å²) in [6, 6.07) is 9.95. The van der Waals surface area contributed by atoms with E-state index in [2.05, 4.69) is 15.0 Å². The highest BCUT2D eigenvalue weighted by molar-refractivity contribution is 14.1. The second kappa shape index (κ2) is 5.56. The number of benzene rings is 1. The van der Waals surface area contributed by atoms with Crippen molar-refractivity contribution in [2.75, 3.05) is 26.2 Å². The number of halogens is 2. The average Bonchev–Trinajstić information content (AvgIpc) is 2.27. The lowest BCUT2D eigenvalue weighted by atomic mass is 10.3. The maximum absolute atomic E-state index is 5.93. The minimum absolute atomic E-state index is 0.198. The standard InChI is InChI=1S/C12H14ClIN5/c1-19(2,3)18(9-7-5-4-6-8-9)12-16-10(13)15-11(14)17-12/h4-8H,1-3H3/q+1. The Morgan fingerprint density at radius 3 is 2.21 bits per heavy atom. The van der Waals surface area contributed by atoms with Crippen LogP contribution in [0.4, 0.5) is 11.6 Å². The molecule has 0 bridgehead atoms. The molecule has 0 saturated heterocycles. The molecule has 0 spiro atoms. The van der Waals surface area contributed by atoms with Crippen molar-refractivity contribution in [3.05, 3.63) is 39.4 Å². The Labute approximate surface area is 131 Å². The molecule has 1 aromatic carbocycles. The molecule has 0 atom stereocenters. The fraction of sp³-hybridized carbons (Fsp3) is 0.250. The molecule has 0 amide bonds. The Hall–Kier alpha value is -0.990. The van der Waals surface area contributed by atoms with Crippen LogP contribution in [0, 0.1) is 3.83 Å². The molecule has 5 nitrogen and oxygen atoms in total. The topological polar surface area (TPSA) is 41.9 Å². The molecule has 2 aromatic rings. The number of para-hydroxylation sites is 1. The first-order valence-corrected chi connectivity index (χ1v) is 7.08. The summed E-state index contributed by atoms with van der Waals surface area (Å²) in [5.41, 5.74) is 0.994. The number of aromatic nitrogens is 3. The van der Waals surface area contributed by atoms with E-state index in [0.29, 0.717) is 14.4 Å². The monoisotopic (exact) mass is 390 g/mol. The van der Waals surface area contributed by atoms with Crippen LogP contribution in [0.1, 0.15) is 0 Å². The third-order valence-corrected chi connectivity index (χ3v) is 3.01. The lowest BCUT2D eigenvalue weighted by molar-refractivity contribution is -0.873. The lowest BCUT2D eigenvalue weighted by Crippen LogP contribution is -2.49. The Balaban J connectivity index is 2.56. The predicted molar refractivity (Wildman–Crippen MR) is 84.2 cm³/mol. The number of quaternary nitrogens is 1. The summed E-state index contributed by atoms with van der Waals surface area (Å²) in [6.07, 6.45) is 0. The van der Waals surface area contributed by atoms with Gasteiger partial charge in [-0.25, -0.2) is 4.59 Å². The van der Waals surface area contributed by atoms with Crippen molar-refractivity contribution in [3.8, 4) is 0 Å². The zero-order valence-electron chi connectivity index (χ0n) is 10.9. The largest absolute Gasteiger partial charge is 0.282 e. The summed E-state index contributed by atoms with van der Waals surface area (Å²) in [7, 11) is 6.12. The molecule has 19 heavy (non-hydrogen) atoms. The summed E-state index contributed by atoms with van der Waals surface area (Å²) in [4.78, 5) is 12.6. The van der Waals surface area contributed by atoms with E-state index in [-0.39, 0.29) is 5.28 Å². The molecule has 1 aromatic heterocycles. The second-order valence-electron chi connectivity index (χ2n) is 4.76. The molecule has 2 rings (SSSR count). The highest BCUT2D eigenvalue weighted by Gasteiger charge is 2.27. The Bertz CT molecular complexity index is 550. The van der Waals surface area contributed by atoms with Gasteiger partial charge in [0.1, 0.15) is 0 Å². The van der Waals surface area contributed by atoms with Gasteiger partial charge in [0.25, 0.3) is 5.95 Å². The first-order valence-electron chi connectivity index (χ1n) is 5.62. The van der Waals surface area contributed by atoms with Gasteiger partial charge >= 0.3 is 0 Å². The molecule has 0 aliphatic carbocycles. The molecule has 0 N–H and O–H groups in total. The molecule has 0 saturated carbocycles. The minimum atomic E-state index is 0.198. The molecule has 0 radical (unpaired) electrons. The van der Waals surface area contributed by atoms with Crippen LogP contribution in [0.5, 0.6) is 0 Å². The zero-order chi connectivity index (χ0) is 14.0. The highest BCUT2D eigenvalue weighted by Crippen LogP contribution is 2.26. The number of anilines is 2. The van der Waals surface area contributed by atoms with Crippen molar-refractivity contribution in [2.45, 2.75) is 0 Å². The van der Waals surface area contributed by atoms with Crippen LogP contribution in [0.2, 0.25) is 5.28 Å². The Kier molecular flexibility index (Phi) is 4.22. The van der Waals surface area contributed by atoms with Crippen LogP contribution in [0.15, 0.2) is 30.3 Å². The van der Waals surface area contributed by atoms with E-state index in [1.54, 1.807) is 0 Å². The maximum atomic E-state index is 5.93. The quantitative estimate of drug-likeness (QED) is 0.459. The number of hydrogen-bond acceptors (Lipinski definition) is 4. The minimum Gasteiger partial charge on any atom is -0.220 e. The van der Waals surface area contributed by atoms with Gasteiger partial charge in [-0.15, -0.1) is 0 Å².